The highest BCUT2D eigenvalue weighted by Gasteiger charge is 2.42. The molecule has 7 nitrogen and oxygen atoms in total. The minimum atomic E-state index is -0.0868. The van der Waals surface area contributed by atoms with Crippen LogP contribution < -0.4 is 5.32 Å². The molecule has 0 aromatic carbocycles. The Balaban J connectivity index is 1.23. The second-order valence-electron chi connectivity index (χ2n) is 8.75. The number of carbonyl (C=O) groups is 1. The van der Waals surface area contributed by atoms with E-state index < -0.39 is 0 Å². The first-order valence-electron chi connectivity index (χ1n) is 10.8. The van der Waals surface area contributed by atoms with E-state index in [0.29, 0.717) is 12.2 Å². The van der Waals surface area contributed by atoms with Gasteiger partial charge < -0.3 is 14.5 Å². The Bertz CT molecular complexity index is 892. The number of amides is 1. The fourth-order valence-electron chi connectivity index (χ4n) is 4.66. The molecule has 2 fully saturated rings. The molecule has 2 aliphatic heterocycles. The first-order valence-corrected chi connectivity index (χ1v) is 10.8. The van der Waals surface area contributed by atoms with E-state index in [2.05, 4.69) is 28.3 Å². The zero-order valence-corrected chi connectivity index (χ0v) is 18.2. The van der Waals surface area contributed by atoms with Gasteiger partial charge in [-0.3, -0.25) is 14.4 Å². The first-order chi connectivity index (χ1) is 14.4. The maximum atomic E-state index is 12.4. The van der Waals surface area contributed by atoms with Crippen molar-refractivity contribution in [3.63, 3.8) is 0 Å². The number of hydrogen-bond acceptors (Lipinski definition) is 5. The van der Waals surface area contributed by atoms with Gasteiger partial charge >= 0.3 is 0 Å². The van der Waals surface area contributed by atoms with Gasteiger partial charge in [-0.15, -0.1) is 0 Å². The number of furan rings is 1. The molecule has 0 bridgehead atoms. The van der Waals surface area contributed by atoms with Crippen molar-refractivity contribution in [3.8, 4) is 0 Å². The third-order valence-corrected chi connectivity index (χ3v) is 6.24. The molecule has 2 aliphatic rings. The summed E-state index contributed by atoms with van der Waals surface area (Å²) in [5.41, 5.74) is 2.72. The van der Waals surface area contributed by atoms with Crippen molar-refractivity contribution in [2.45, 2.75) is 51.2 Å². The summed E-state index contributed by atoms with van der Waals surface area (Å²) in [6.45, 7) is 7.63. The number of likely N-dealkylation sites (tertiary alicyclic amines) is 1. The Morgan fingerprint density at radius 3 is 2.83 bits per heavy atom. The molecule has 162 valence electrons. The van der Waals surface area contributed by atoms with Crippen LogP contribution in [0.3, 0.4) is 0 Å². The van der Waals surface area contributed by atoms with Crippen LogP contribution in [0.5, 0.6) is 0 Å². The van der Waals surface area contributed by atoms with Gasteiger partial charge in [0, 0.05) is 33.2 Å². The second-order valence-corrected chi connectivity index (χ2v) is 8.75. The first kappa shape index (κ1) is 20.9. The molecule has 2 aromatic heterocycles. The molecule has 30 heavy (non-hydrogen) atoms. The maximum absolute atomic E-state index is 12.4. The Hall–Kier alpha value is -2.38. The van der Waals surface area contributed by atoms with Crippen molar-refractivity contribution >= 4 is 12.0 Å². The quantitative estimate of drug-likeness (QED) is 0.789. The lowest BCUT2D eigenvalue weighted by molar-refractivity contribution is -0.0743. The molecule has 2 aromatic rings. The zero-order valence-electron chi connectivity index (χ0n) is 18.2. The van der Waals surface area contributed by atoms with E-state index in [0.717, 1.165) is 56.8 Å². The van der Waals surface area contributed by atoms with Gasteiger partial charge in [0.15, 0.2) is 0 Å². The molecule has 4 rings (SSSR count). The average Bonchev–Trinajstić information content (AvgIpc) is 3.43. The smallest absolute Gasteiger partial charge is 0.269 e. The standard InChI is InChI=1S/C23H32N4O3/c1-17(13-19-5-4-12-29-19)16-27-10-8-23(9-11-27)7-6-20(30-23)15-24-22(28)21-14-18(2)25-26(21)3/h4-5,12-14,20H,6-11,15-16H2,1-3H3,(H,24,28)/b17-13+. The van der Waals surface area contributed by atoms with E-state index in [-0.39, 0.29) is 17.6 Å². The molecule has 1 unspecified atom stereocenters. The molecule has 0 radical (unpaired) electrons. The lowest BCUT2D eigenvalue weighted by atomic mass is 9.88. The van der Waals surface area contributed by atoms with Crippen LogP contribution in [0.2, 0.25) is 0 Å². The van der Waals surface area contributed by atoms with Gasteiger partial charge in [-0.2, -0.15) is 5.10 Å². The van der Waals surface area contributed by atoms with Crippen molar-refractivity contribution in [2.75, 3.05) is 26.2 Å². The molecular weight excluding hydrogens is 380 g/mol. The Morgan fingerprint density at radius 2 is 2.17 bits per heavy atom. The van der Waals surface area contributed by atoms with Gasteiger partial charge in [0.2, 0.25) is 0 Å². The number of carbonyl (C=O) groups excluding carboxylic acids is 1. The third kappa shape index (κ3) is 4.84. The lowest BCUT2D eigenvalue weighted by Crippen LogP contribution is -2.45. The predicted octanol–water partition coefficient (Wildman–Crippen LogP) is 3.17. The molecule has 4 heterocycles. The molecule has 7 heteroatoms. The monoisotopic (exact) mass is 412 g/mol. The van der Waals surface area contributed by atoms with Crippen molar-refractivity contribution in [1.82, 2.24) is 20.0 Å². The van der Waals surface area contributed by atoms with E-state index in [9.17, 15) is 4.79 Å². The second kappa shape index (κ2) is 8.78. The van der Waals surface area contributed by atoms with Crippen LogP contribution in [-0.2, 0) is 11.8 Å². The SMILES string of the molecule is C/C(=C\c1ccco1)CN1CCC2(CCC(CNC(=O)c3cc(C)nn3C)O2)CC1. The van der Waals surface area contributed by atoms with Crippen molar-refractivity contribution in [1.29, 1.82) is 0 Å². The van der Waals surface area contributed by atoms with Gasteiger partial charge in [-0.25, -0.2) is 0 Å². The average molecular weight is 413 g/mol. The fourth-order valence-corrected chi connectivity index (χ4v) is 4.66. The molecule has 1 spiro atoms. The largest absolute Gasteiger partial charge is 0.465 e. The van der Waals surface area contributed by atoms with Crippen LogP contribution in [0.1, 0.15) is 54.5 Å². The minimum Gasteiger partial charge on any atom is -0.465 e. The number of nitrogens with one attached hydrogen (secondary N) is 1. The van der Waals surface area contributed by atoms with Crippen molar-refractivity contribution in [3.05, 3.63) is 47.2 Å². The van der Waals surface area contributed by atoms with Crippen LogP contribution in [0.15, 0.2) is 34.5 Å². The fraction of sp³-hybridized carbons (Fsp3) is 0.565. The number of aryl methyl sites for hydroxylation is 2. The molecule has 0 saturated carbocycles. The molecule has 1 amide bonds. The van der Waals surface area contributed by atoms with Gasteiger partial charge in [-0.05, 0) is 63.8 Å². The van der Waals surface area contributed by atoms with Crippen LogP contribution in [0.25, 0.3) is 6.08 Å². The van der Waals surface area contributed by atoms with Gasteiger partial charge in [0.1, 0.15) is 11.5 Å². The molecule has 2 saturated heterocycles. The van der Waals surface area contributed by atoms with Gasteiger partial charge in [0.05, 0.1) is 23.7 Å². The highest BCUT2D eigenvalue weighted by molar-refractivity contribution is 5.92. The van der Waals surface area contributed by atoms with E-state index in [1.807, 2.05) is 25.1 Å². The minimum absolute atomic E-state index is 0.0202. The number of piperidine rings is 1. The van der Waals surface area contributed by atoms with E-state index in [4.69, 9.17) is 9.15 Å². The summed E-state index contributed by atoms with van der Waals surface area (Å²) in [6, 6.07) is 5.71. The summed E-state index contributed by atoms with van der Waals surface area (Å²) in [5.74, 6) is 0.822. The molecule has 0 aliphatic carbocycles. The normalized spacial score (nSPS) is 22.0. The maximum Gasteiger partial charge on any atom is 0.269 e. The number of hydrogen-bond donors (Lipinski definition) is 1. The summed E-state index contributed by atoms with van der Waals surface area (Å²) in [5, 5.41) is 7.26. The highest BCUT2D eigenvalue weighted by atomic mass is 16.5. The van der Waals surface area contributed by atoms with Crippen molar-refractivity contribution in [2.24, 2.45) is 7.05 Å². The molecule has 1 atom stereocenters. The Labute approximate surface area is 178 Å². The van der Waals surface area contributed by atoms with E-state index >= 15 is 0 Å². The van der Waals surface area contributed by atoms with E-state index in [1.165, 1.54) is 5.57 Å². The zero-order chi connectivity index (χ0) is 21.1. The summed E-state index contributed by atoms with van der Waals surface area (Å²) in [4.78, 5) is 14.9. The van der Waals surface area contributed by atoms with Crippen LogP contribution >= 0.6 is 0 Å². The molecular formula is C23H32N4O3. The lowest BCUT2D eigenvalue weighted by Gasteiger charge is -2.39. The summed E-state index contributed by atoms with van der Waals surface area (Å²) in [7, 11) is 1.79. The number of nitrogens with zero attached hydrogens (tertiary/aromatic N) is 3. The third-order valence-electron chi connectivity index (χ3n) is 6.24. The number of ether oxygens (including phenoxy) is 1. The predicted molar refractivity (Wildman–Crippen MR) is 115 cm³/mol. The summed E-state index contributed by atoms with van der Waals surface area (Å²) >= 11 is 0. The van der Waals surface area contributed by atoms with Crippen LogP contribution in [0.4, 0.5) is 0 Å². The summed E-state index contributed by atoms with van der Waals surface area (Å²) < 4.78 is 13.5. The Morgan fingerprint density at radius 1 is 1.37 bits per heavy atom. The Kier molecular flexibility index (Phi) is 6.11. The van der Waals surface area contributed by atoms with Gasteiger partial charge in [-0.1, -0.05) is 5.57 Å². The van der Waals surface area contributed by atoms with E-state index in [1.54, 1.807) is 18.0 Å². The van der Waals surface area contributed by atoms with Gasteiger partial charge in [0.25, 0.3) is 5.91 Å². The molecule has 1 N–H and O–H groups in total. The van der Waals surface area contributed by atoms with Crippen molar-refractivity contribution < 1.29 is 13.9 Å². The summed E-state index contributed by atoms with van der Waals surface area (Å²) in [6.07, 6.45) is 8.08. The number of rotatable bonds is 6. The van der Waals surface area contributed by atoms with Crippen LogP contribution in [-0.4, -0.2) is 58.5 Å². The highest BCUT2D eigenvalue weighted by Crippen LogP contribution is 2.38. The van der Waals surface area contributed by atoms with Crippen LogP contribution in [0, 0.1) is 6.92 Å². The number of aromatic nitrogens is 2. The topological polar surface area (TPSA) is 72.5 Å².